The van der Waals surface area contributed by atoms with Gasteiger partial charge in [0.05, 0.1) is 36.5 Å². The van der Waals surface area contributed by atoms with E-state index in [0.717, 1.165) is 11.1 Å². The third-order valence-corrected chi connectivity index (χ3v) is 12.5. The number of H-pyrrole nitrogens is 1. The lowest BCUT2D eigenvalue weighted by Crippen LogP contribution is -2.41. The fraction of sp³-hybridized carbons (Fsp3) is 0.298. The van der Waals surface area contributed by atoms with Crippen LogP contribution >= 0.6 is 0 Å². The van der Waals surface area contributed by atoms with Gasteiger partial charge in [-0.2, -0.15) is 4.98 Å². The molecule has 378 valence electrons. The SMILES string of the molecule is CC(=NCCNC(=O)CC[C@H](NC(=O)c1ccc(NCc2cnc3nc(N)[nH]c(=O)c3n2)cc1)C(=O)O)c1ccc(OCCCC(=O)NCCNS(=O)(=O)c2cccc3c(N(C)C)cccc23)cc1B(O)O. The molecule has 0 aliphatic heterocycles. The second-order valence-corrected chi connectivity index (χ2v) is 18.2. The first kappa shape index (κ1) is 53.4. The van der Waals surface area contributed by atoms with Crippen molar-refractivity contribution in [3.05, 3.63) is 112 Å². The van der Waals surface area contributed by atoms with Crippen molar-refractivity contribution in [3.63, 3.8) is 0 Å². The second-order valence-electron chi connectivity index (χ2n) is 16.5. The van der Waals surface area contributed by atoms with Crippen molar-refractivity contribution >= 4 is 91.3 Å². The van der Waals surface area contributed by atoms with Gasteiger partial charge in [-0.05, 0) is 85.4 Å². The van der Waals surface area contributed by atoms with Crippen molar-refractivity contribution < 1.29 is 47.5 Å². The van der Waals surface area contributed by atoms with Crippen molar-refractivity contribution in [1.82, 2.24) is 40.6 Å². The number of ether oxygens (including phenoxy) is 1. The number of aromatic amines is 1. The summed E-state index contributed by atoms with van der Waals surface area (Å²) in [6.07, 6.45) is 1.46. The highest BCUT2D eigenvalue weighted by atomic mass is 32.2. The number of nitrogen functional groups attached to an aromatic ring is 1. The number of fused-ring (bicyclic) bond motifs is 2. The molecule has 0 unspecified atom stereocenters. The van der Waals surface area contributed by atoms with Crippen LogP contribution in [-0.4, -0.2) is 133 Å². The van der Waals surface area contributed by atoms with Crippen LogP contribution in [0.3, 0.4) is 0 Å². The van der Waals surface area contributed by atoms with Gasteiger partial charge in [0.2, 0.25) is 27.8 Å². The summed E-state index contributed by atoms with van der Waals surface area (Å²) in [5.74, 6) is -2.50. The topological polar surface area (TPSA) is 346 Å². The summed E-state index contributed by atoms with van der Waals surface area (Å²) in [6, 6.07) is 20.1. The molecule has 23 nitrogen and oxygen atoms in total. The number of aliphatic imine (C=N–C) groups is 1. The van der Waals surface area contributed by atoms with Crippen LogP contribution in [0.25, 0.3) is 21.9 Å². The van der Waals surface area contributed by atoms with E-state index in [1.54, 1.807) is 55.5 Å². The van der Waals surface area contributed by atoms with E-state index in [1.165, 1.54) is 24.4 Å². The molecule has 0 fully saturated rings. The number of carboxylic acid groups (broad SMARTS) is 1. The van der Waals surface area contributed by atoms with E-state index in [4.69, 9.17) is 10.5 Å². The number of aromatic nitrogens is 4. The lowest BCUT2D eigenvalue weighted by molar-refractivity contribution is -0.139. The Labute approximate surface area is 413 Å². The fourth-order valence-corrected chi connectivity index (χ4v) is 8.65. The van der Waals surface area contributed by atoms with Gasteiger partial charge in [0.25, 0.3) is 11.5 Å². The number of nitrogens with one attached hydrogen (secondary N) is 6. The van der Waals surface area contributed by atoms with Crippen LogP contribution < -0.4 is 52.4 Å². The number of anilines is 3. The van der Waals surface area contributed by atoms with Crippen molar-refractivity contribution in [1.29, 1.82) is 0 Å². The summed E-state index contributed by atoms with van der Waals surface area (Å²) in [5, 5.41) is 42.3. The van der Waals surface area contributed by atoms with Crippen molar-refractivity contribution in [2.24, 2.45) is 4.99 Å². The second kappa shape index (κ2) is 24.7. The molecule has 1 atom stereocenters. The molecule has 0 radical (unpaired) electrons. The van der Waals surface area contributed by atoms with Gasteiger partial charge in [-0.3, -0.25) is 29.2 Å². The molecule has 0 saturated heterocycles. The van der Waals surface area contributed by atoms with Crippen LogP contribution in [0.5, 0.6) is 5.75 Å². The molecule has 25 heteroatoms. The molecule has 0 spiro atoms. The average Bonchev–Trinajstić information content (AvgIpc) is 3.35. The predicted octanol–water partition coefficient (Wildman–Crippen LogP) is 0.649. The zero-order valence-electron chi connectivity index (χ0n) is 39.6. The Hall–Kier alpha value is -8.00. The van der Waals surface area contributed by atoms with E-state index in [1.807, 2.05) is 31.1 Å². The number of hydrogen-bond donors (Lipinski definition) is 10. The first-order valence-electron chi connectivity index (χ1n) is 22.7. The molecule has 0 saturated carbocycles. The minimum atomic E-state index is -3.86. The number of sulfonamides is 1. The van der Waals surface area contributed by atoms with Crippen LogP contribution in [0.2, 0.25) is 0 Å². The number of carbonyl (C=O) groups is 4. The molecule has 6 aromatic rings. The first-order valence-corrected chi connectivity index (χ1v) is 24.1. The molecule has 0 bridgehead atoms. The summed E-state index contributed by atoms with van der Waals surface area (Å²) in [7, 11) is -1.97. The Morgan fingerprint density at radius 3 is 2.38 bits per heavy atom. The van der Waals surface area contributed by atoms with Gasteiger partial charge in [0.15, 0.2) is 11.2 Å². The fourth-order valence-electron chi connectivity index (χ4n) is 7.39. The summed E-state index contributed by atoms with van der Waals surface area (Å²) >= 11 is 0. The maximum absolute atomic E-state index is 13.2. The normalized spacial score (nSPS) is 12.0. The molecule has 0 aliphatic rings. The molecular formula is C47H55BN12O11S. The van der Waals surface area contributed by atoms with Gasteiger partial charge in [0.1, 0.15) is 11.8 Å². The van der Waals surface area contributed by atoms with E-state index in [-0.39, 0.29) is 97.5 Å². The molecule has 2 aromatic heterocycles. The lowest BCUT2D eigenvalue weighted by Gasteiger charge is -2.17. The predicted molar refractivity (Wildman–Crippen MR) is 272 cm³/mol. The Kier molecular flexibility index (Phi) is 18.3. The lowest BCUT2D eigenvalue weighted by atomic mass is 9.76. The maximum atomic E-state index is 13.2. The van der Waals surface area contributed by atoms with Crippen molar-refractivity contribution in [2.45, 2.75) is 50.1 Å². The molecule has 11 N–H and O–H groups in total. The number of aliphatic carboxylic acids is 1. The highest BCUT2D eigenvalue weighted by Gasteiger charge is 2.23. The van der Waals surface area contributed by atoms with Gasteiger partial charge in [0, 0.05) is 80.0 Å². The van der Waals surface area contributed by atoms with Crippen molar-refractivity contribution in [3.8, 4) is 5.75 Å². The Balaban J connectivity index is 0.877. The van der Waals surface area contributed by atoms with E-state index in [0.29, 0.717) is 40.2 Å². The van der Waals surface area contributed by atoms with Crippen LogP contribution in [0.1, 0.15) is 54.2 Å². The molecule has 2 heterocycles. The zero-order valence-corrected chi connectivity index (χ0v) is 40.5. The standard InChI is InChI=1S/C47H55BN12O11S/c1-28(33-17-16-32(25-36(33)48(67)68)71-24-6-11-40(61)52-22-23-55-72(69,70)39-10-5-7-34-35(39)8-4-9-38(34)60(2)3)50-20-21-51-41(62)19-18-37(46(65)66)57-44(63)29-12-14-30(15-13-29)53-26-31-27-54-43-42(56-31)45(64)59-47(49)58-43/h4-5,7-10,12-17,25,27,37,53,55,67-68H,6,11,18-24,26H2,1-3H3,(H,51,62)(H,52,61)(H,57,63)(H,65,66)(H3,49,54,58,59,64)/t37-/m0/s1. The first-order chi connectivity index (χ1) is 34.4. The summed E-state index contributed by atoms with van der Waals surface area (Å²) < 4.78 is 34.6. The summed E-state index contributed by atoms with van der Waals surface area (Å²) in [5.41, 5.74) is 8.24. The van der Waals surface area contributed by atoms with E-state index >= 15 is 0 Å². The molecular weight excluding hydrogens is 951 g/mol. The molecule has 72 heavy (non-hydrogen) atoms. The molecule has 6 rings (SSSR count). The third kappa shape index (κ3) is 14.5. The van der Waals surface area contributed by atoms with E-state index in [2.05, 4.69) is 50.9 Å². The highest BCUT2D eigenvalue weighted by molar-refractivity contribution is 7.89. The van der Waals surface area contributed by atoms with Gasteiger partial charge < -0.3 is 51.8 Å². The van der Waals surface area contributed by atoms with E-state index in [9.17, 15) is 47.5 Å². The number of nitrogens with zero attached hydrogens (tertiary/aromatic N) is 5. The maximum Gasteiger partial charge on any atom is 0.489 e. The number of carbonyl (C=O) groups excluding carboxylic acids is 3. The number of benzene rings is 4. The minimum absolute atomic E-state index is 0.0168. The number of nitrogens with two attached hydrogens (primary N) is 1. The smallest absolute Gasteiger partial charge is 0.489 e. The number of carboxylic acids is 1. The molecule has 3 amide bonds. The summed E-state index contributed by atoms with van der Waals surface area (Å²) in [6.45, 7) is 2.22. The highest BCUT2D eigenvalue weighted by Crippen LogP contribution is 2.30. The average molecular weight is 1010 g/mol. The van der Waals surface area contributed by atoms with Crippen molar-refractivity contribution in [2.75, 3.05) is 62.8 Å². The van der Waals surface area contributed by atoms with Gasteiger partial charge in [-0.25, -0.2) is 27.9 Å². The monoisotopic (exact) mass is 1010 g/mol. The Morgan fingerprint density at radius 2 is 1.64 bits per heavy atom. The molecule has 0 aliphatic carbocycles. The van der Waals surface area contributed by atoms with Crippen LogP contribution in [-0.2, 0) is 31.0 Å². The minimum Gasteiger partial charge on any atom is -0.494 e. The van der Waals surface area contributed by atoms with Gasteiger partial charge in [-0.15, -0.1) is 0 Å². The quantitative estimate of drug-likeness (QED) is 0.0214. The van der Waals surface area contributed by atoms with Gasteiger partial charge >= 0.3 is 13.1 Å². The third-order valence-electron chi connectivity index (χ3n) is 11.0. The van der Waals surface area contributed by atoms with Gasteiger partial charge in [-0.1, -0.05) is 24.3 Å². The summed E-state index contributed by atoms with van der Waals surface area (Å²) in [4.78, 5) is 83.3. The van der Waals surface area contributed by atoms with Crippen LogP contribution in [0.15, 0.2) is 99.7 Å². The van der Waals surface area contributed by atoms with E-state index < -0.39 is 46.5 Å². The Morgan fingerprint density at radius 1 is 0.917 bits per heavy atom. The number of rotatable bonds is 25. The number of hydrogen-bond acceptors (Lipinski definition) is 17. The molecule has 4 aromatic carbocycles. The Bertz CT molecular complexity index is 3140. The largest absolute Gasteiger partial charge is 0.494 e. The number of amides is 3. The van der Waals surface area contributed by atoms with Crippen LogP contribution in [0.4, 0.5) is 17.3 Å². The zero-order chi connectivity index (χ0) is 52.0. The van der Waals surface area contributed by atoms with Crippen LogP contribution in [0, 0.1) is 0 Å².